The van der Waals surface area contributed by atoms with Crippen LogP contribution >= 0.6 is 11.6 Å². The Morgan fingerprint density at radius 1 is 1.06 bits per heavy atom. The Hall–Kier alpha value is -3.52. The molecule has 1 saturated heterocycles. The lowest BCUT2D eigenvalue weighted by Crippen LogP contribution is -2.54. The highest BCUT2D eigenvalue weighted by Gasteiger charge is 2.44. The largest absolute Gasteiger partial charge is 0.325 e. The van der Waals surface area contributed by atoms with E-state index in [1.165, 1.54) is 18.2 Å². The lowest BCUT2D eigenvalue weighted by Gasteiger charge is -2.27. The van der Waals surface area contributed by atoms with Gasteiger partial charge >= 0.3 is 0 Å². The molecule has 0 aromatic heterocycles. The van der Waals surface area contributed by atoms with E-state index in [0.29, 0.717) is 10.7 Å². The van der Waals surface area contributed by atoms with Gasteiger partial charge in [0.05, 0.1) is 16.5 Å². The molecular weight excluding hydrogens is 434 g/mol. The normalized spacial score (nSPS) is 18.5. The molecule has 8 nitrogen and oxygen atoms in total. The fourth-order valence-corrected chi connectivity index (χ4v) is 4.03. The molecule has 1 fully saturated rings. The van der Waals surface area contributed by atoms with Crippen LogP contribution in [0.3, 0.4) is 0 Å². The summed E-state index contributed by atoms with van der Waals surface area (Å²) >= 11 is 6.05. The van der Waals surface area contributed by atoms with Crippen molar-refractivity contribution >= 4 is 46.8 Å². The first-order valence-corrected chi connectivity index (χ1v) is 10.4. The van der Waals surface area contributed by atoms with Crippen LogP contribution in [0.1, 0.15) is 53.0 Å². The van der Waals surface area contributed by atoms with Crippen LogP contribution in [-0.4, -0.2) is 40.5 Å². The lowest BCUT2D eigenvalue weighted by atomic mass is 9.83. The molecule has 0 saturated carbocycles. The van der Waals surface area contributed by atoms with E-state index in [9.17, 15) is 24.0 Å². The molecule has 5 amide bonds. The Kier molecular flexibility index (Phi) is 5.34. The maximum absolute atomic E-state index is 13.0. The van der Waals surface area contributed by atoms with Gasteiger partial charge in [-0.05, 0) is 56.2 Å². The number of nitrogens with one attached hydrogen (secondary N) is 2. The maximum atomic E-state index is 13.0. The Morgan fingerprint density at radius 3 is 2.47 bits per heavy atom. The number of anilines is 1. The Balaban J connectivity index is 1.57. The second-order valence-electron chi connectivity index (χ2n) is 8.30. The number of imide groups is 2. The molecule has 4 rings (SSSR count). The van der Waals surface area contributed by atoms with E-state index < -0.39 is 35.1 Å². The van der Waals surface area contributed by atoms with Crippen LogP contribution in [0.5, 0.6) is 0 Å². The van der Waals surface area contributed by atoms with E-state index in [4.69, 9.17) is 11.6 Å². The van der Waals surface area contributed by atoms with Crippen molar-refractivity contribution in [3.63, 3.8) is 0 Å². The fourth-order valence-electron chi connectivity index (χ4n) is 3.84. The number of hydrogen-bond donors (Lipinski definition) is 2. The molecule has 0 aliphatic carbocycles. The number of halogens is 1. The van der Waals surface area contributed by atoms with Crippen molar-refractivity contribution in [1.29, 1.82) is 0 Å². The van der Waals surface area contributed by atoms with Crippen LogP contribution in [0.15, 0.2) is 42.5 Å². The molecule has 2 aromatic carbocycles. The summed E-state index contributed by atoms with van der Waals surface area (Å²) in [6.45, 7) is 3.50. The molecule has 1 atom stereocenters. The van der Waals surface area contributed by atoms with Crippen molar-refractivity contribution < 1.29 is 24.0 Å². The molecule has 0 spiro atoms. The number of carbonyl (C=O) groups is 5. The molecule has 1 unspecified atom stereocenters. The predicted molar refractivity (Wildman–Crippen MR) is 116 cm³/mol. The lowest BCUT2D eigenvalue weighted by molar-refractivity contribution is -0.136. The van der Waals surface area contributed by atoms with Gasteiger partial charge < -0.3 is 5.32 Å². The molecule has 2 N–H and O–H groups in total. The summed E-state index contributed by atoms with van der Waals surface area (Å²) in [5, 5.41) is 5.46. The van der Waals surface area contributed by atoms with Gasteiger partial charge in [0.1, 0.15) is 6.04 Å². The summed E-state index contributed by atoms with van der Waals surface area (Å²) in [7, 11) is 0. The van der Waals surface area contributed by atoms with Crippen molar-refractivity contribution in [2.45, 2.75) is 38.1 Å². The maximum Gasteiger partial charge on any atom is 0.262 e. The van der Waals surface area contributed by atoms with Gasteiger partial charge in [-0.2, -0.15) is 0 Å². The van der Waals surface area contributed by atoms with E-state index in [-0.39, 0.29) is 29.9 Å². The Bertz CT molecular complexity index is 1190. The molecular formula is C23H20ClN3O5. The van der Waals surface area contributed by atoms with E-state index in [1.54, 1.807) is 38.1 Å². The molecule has 32 heavy (non-hydrogen) atoms. The van der Waals surface area contributed by atoms with Gasteiger partial charge in [-0.15, -0.1) is 0 Å². The third kappa shape index (κ3) is 3.67. The first kappa shape index (κ1) is 21.7. The average molecular weight is 454 g/mol. The van der Waals surface area contributed by atoms with Gasteiger partial charge in [-0.1, -0.05) is 23.7 Å². The minimum atomic E-state index is -1.04. The van der Waals surface area contributed by atoms with E-state index in [2.05, 4.69) is 10.6 Å². The summed E-state index contributed by atoms with van der Waals surface area (Å²) in [5.41, 5.74) is 0.390. The molecule has 0 radical (unpaired) electrons. The minimum absolute atomic E-state index is 0.0453. The van der Waals surface area contributed by atoms with Gasteiger partial charge in [-0.3, -0.25) is 34.2 Å². The second-order valence-corrected chi connectivity index (χ2v) is 8.73. The monoisotopic (exact) mass is 453 g/mol. The highest BCUT2D eigenvalue weighted by atomic mass is 35.5. The van der Waals surface area contributed by atoms with Crippen molar-refractivity contribution in [2.75, 3.05) is 5.32 Å². The van der Waals surface area contributed by atoms with Gasteiger partial charge in [-0.25, -0.2) is 0 Å². The number of nitrogens with zero attached hydrogens (tertiary/aromatic N) is 1. The zero-order valence-corrected chi connectivity index (χ0v) is 18.2. The van der Waals surface area contributed by atoms with Crippen LogP contribution in [0.2, 0.25) is 5.02 Å². The van der Waals surface area contributed by atoms with E-state index in [1.807, 2.05) is 0 Å². The summed E-state index contributed by atoms with van der Waals surface area (Å²) in [4.78, 5) is 63.2. The van der Waals surface area contributed by atoms with Crippen molar-refractivity contribution in [1.82, 2.24) is 10.2 Å². The van der Waals surface area contributed by atoms with Crippen molar-refractivity contribution in [3.05, 3.63) is 64.2 Å². The van der Waals surface area contributed by atoms with Crippen LogP contribution in [0.25, 0.3) is 0 Å². The molecule has 0 bridgehead atoms. The summed E-state index contributed by atoms with van der Waals surface area (Å²) in [6.07, 6.45) is 0.122. The third-order valence-electron chi connectivity index (χ3n) is 5.81. The predicted octanol–water partition coefficient (Wildman–Crippen LogP) is 2.66. The summed E-state index contributed by atoms with van der Waals surface area (Å²) in [5.74, 6) is -2.66. The van der Waals surface area contributed by atoms with Gasteiger partial charge in [0.2, 0.25) is 17.7 Å². The first-order chi connectivity index (χ1) is 15.1. The Labute approximate surface area is 188 Å². The van der Waals surface area contributed by atoms with Gasteiger partial charge in [0, 0.05) is 17.1 Å². The number of piperidine rings is 1. The SMILES string of the molecule is CC(C)(C(=O)Nc1ccc2c(c1)C(=O)N(C1CCC(=O)NC1=O)C2=O)c1cccc(Cl)c1. The minimum Gasteiger partial charge on any atom is -0.325 e. The van der Waals surface area contributed by atoms with Crippen LogP contribution in [-0.2, 0) is 19.8 Å². The number of carbonyl (C=O) groups excluding carboxylic acids is 5. The van der Waals surface area contributed by atoms with Crippen LogP contribution < -0.4 is 10.6 Å². The number of hydrogen-bond acceptors (Lipinski definition) is 5. The highest BCUT2D eigenvalue weighted by Crippen LogP contribution is 2.31. The summed E-state index contributed by atoms with van der Waals surface area (Å²) < 4.78 is 0. The number of rotatable bonds is 4. The molecule has 2 aromatic rings. The van der Waals surface area contributed by atoms with Crippen LogP contribution in [0.4, 0.5) is 5.69 Å². The highest BCUT2D eigenvalue weighted by molar-refractivity contribution is 6.30. The zero-order valence-electron chi connectivity index (χ0n) is 17.4. The van der Waals surface area contributed by atoms with Gasteiger partial charge in [0.25, 0.3) is 11.8 Å². The van der Waals surface area contributed by atoms with Gasteiger partial charge in [0.15, 0.2) is 0 Å². The Morgan fingerprint density at radius 2 is 1.78 bits per heavy atom. The van der Waals surface area contributed by atoms with E-state index >= 15 is 0 Å². The number of benzene rings is 2. The average Bonchev–Trinajstić information content (AvgIpc) is 2.98. The second kappa shape index (κ2) is 7.87. The standard InChI is InChI=1S/C23H20ClN3O5/c1-23(2,12-4-3-5-13(24)10-12)22(32)25-14-6-7-15-16(11-14)21(31)27(20(15)30)17-8-9-18(28)26-19(17)29/h3-7,10-11,17H,8-9H2,1-2H3,(H,25,32)(H,26,28,29). The molecule has 2 aliphatic heterocycles. The smallest absolute Gasteiger partial charge is 0.262 e. The molecule has 2 aliphatic rings. The third-order valence-corrected chi connectivity index (χ3v) is 6.05. The van der Waals surface area contributed by atoms with Crippen molar-refractivity contribution in [2.24, 2.45) is 0 Å². The van der Waals surface area contributed by atoms with Crippen LogP contribution in [0, 0.1) is 0 Å². The number of amides is 5. The summed E-state index contributed by atoms with van der Waals surface area (Å²) in [6, 6.07) is 10.4. The van der Waals surface area contributed by atoms with E-state index in [0.717, 1.165) is 10.5 Å². The first-order valence-electron chi connectivity index (χ1n) is 10.0. The molecule has 164 valence electrons. The topological polar surface area (TPSA) is 113 Å². The molecule has 9 heteroatoms. The quantitative estimate of drug-likeness (QED) is 0.691. The fraction of sp³-hybridized carbons (Fsp3) is 0.261. The van der Waals surface area contributed by atoms with Crippen molar-refractivity contribution in [3.8, 4) is 0 Å². The molecule has 2 heterocycles. The number of fused-ring (bicyclic) bond motifs is 1. The zero-order chi connectivity index (χ0) is 23.2.